The molecule has 0 spiro atoms. The fourth-order valence-corrected chi connectivity index (χ4v) is 10.6. The SMILES string of the molecule is CCCCCCC/C=C\C/C=C\CCCCCCCCCCCCCCCCCCCCCCCCCCCC(=O)OC(COC(=O)CCCCCCCCCCCCCCCCC)COP(=O)([O-])OCC[N+](C)(C)C. The Morgan fingerprint density at radius 2 is 0.711 bits per heavy atom. The molecule has 0 heterocycles. The Morgan fingerprint density at radius 1 is 0.408 bits per heavy atom. The molecule has 0 bridgehead atoms. The minimum Gasteiger partial charge on any atom is -0.756 e. The van der Waals surface area contributed by atoms with Gasteiger partial charge < -0.3 is 27.9 Å². The van der Waals surface area contributed by atoms with Crippen LogP contribution in [0.15, 0.2) is 24.3 Å². The van der Waals surface area contributed by atoms with Crippen molar-refractivity contribution in [2.24, 2.45) is 0 Å². The van der Waals surface area contributed by atoms with Gasteiger partial charge in [0.05, 0.1) is 27.7 Å². The molecular weight excluding hydrogens is 966 g/mol. The smallest absolute Gasteiger partial charge is 0.306 e. The normalized spacial score (nSPS) is 13.3. The van der Waals surface area contributed by atoms with Crippen LogP contribution in [0.4, 0.5) is 0 Å². The standard InChI is InChI=1S/C66H128NO8P/c1-6-8-10-12-14-16-18-20-22-23-24-25-26-27-28-29-30-31-32-33-34-35-36-37-38-39-40-41-42-43-45-47-49-51-53-55-57-59-66(69)75-64(63-74-76(70,71)73-61-60-67(3,4)5)62-72-65(68)58-56-54-52-50-48-46-44-21-19-17-15-13-11-9-7-2/h18,20,23-24,64H,6-17,19,21-22,25-63H2,1-5H3/b20-18-,24-23-. The van der Waals surface area contributed by atoms with Gasteiger partial charge in [-0.15, -0.1) is 0 Å². The van der Waals surface area contributed by atoms with E-state index in [1.807, 2.05) is 21.1 Å². The lowest BCUT2D eigenvalue weighted by molar-refractivity contribution is -0.870. The van der Waals surface area contributed by atoms with E-state index in [0.29, 0.717) is 17.4 Å². The van der Waals surface area contributed by atoms with E-state index in [1.54, 1.807) is 0 Å². The van der Waals surface area contributed by atoms with Crippen LogP contribution >= 0.6 is 7.82 Å². The fraction of sp³-hybridized carbons (Fsp3) is 0.909. The number of quaternary nitrogens is 1. The number of unbranched alkanes of at least 4 members (excludes halogenated alkanes) is 44. The molecule has 0 N–H and O–H groups in total. The molecule has 0 aliphatic carbocycles. The van der Waals surface area contributed by atoms with Gasteiger partial charge in [-0.3, -0.25) is 14.2 Å². The van der Waals surface area contributed by atoms with Crippen molar-refractivity contribution in [3.05, 3.63) is 24.3 Å². The van der Waals surface area contributed by atoms with E-state index in [1.165, 1.54) is 263 Å². The number of carbonyl (C=O) groups is 2. The van der Waals surface area contributed by atoms with Gasteiger partial charge in [-0.25, -0.2) is 0 Å². The molecule has 0 saturated heterocycles. The predicted molar refractivity (Wildman–Crippen MR) is 324 cm³/mol. The summed E-state index contributed by atoms with van der Waals surface area (Å²) in [6.07, 6.45) is 71.2. The number of ether oxygens (including phenoxy) is 2. The Labute approximate surface area is 472 Å². The average Bonchev–Trinajstić information content (AvgIpc) is 3.38. The second-order valence-corrected chi connectivity index (χ2v) is 25.3. The van der Waals surface area contributed by atoms with Gasteiger partial charge in [-0.1, -0.05) is 301 Å². The minimum atomic E-state index is -4.63. The molecule has 2 unspecified atom stereocenters. The molecule has 0 amide bonds. The van der Waals surface area contributed by atoms with E-state index < -0.39 is 26.5 Å². The van der Waals surface area contributed by atoms with E-state index in [0.717, 1.165) is 38.5 Å². The third kappa shape index (κ3) is 61.7. The summed E-state index contributed by atoms with van der Waals surface area (Å²) >= 11 is 0. The first kappa shape index (κ1) is 74.5. The molecule has 9 nitrogen and oxygen atoms in total. The first-order chi connectivity index (χ1) is 37.0. The summed E-state index contributed by atoms with van der Waals surface area (Å²) in [6, 6.07) is 0. The number of phosphoric acid groups is 1. The van der Waals surface area contributed by atoms with Crippen LogP contribution in [0.1, 0.15) is 335 Å². The van der Waals surface area contributed by atoms with Crippen LogP contribution in [0.5, 0.6) is 0 Å². The van der Waals surface area contributed by atoms with Gasteiger partial charge in [0.15, 0.2) is 6.10 Å². The van der Waals surface area contributed by atoms with Gasteiger partial charge >= 0.3 is 11.9 Å². The summed E-state index contributed by atoms with van der Waals surface area (Å²) in [5.74, 6) is -0.812. The Balaban J connectivity index is 3.90. The second-order valence-electron chi connectivity index (χ2n) is 23.8. The Morgan fingerprint density at radius 3 is 1.04 bits per heavy atom. The van der Waals surface area contributed by atoms with Gasteiger partial charge in [0, 0.05) is 12.8 Å². The van der Waals surface area contributed by atoms with Crippen LogP contribution in [0.2, 0.25) is 0 Å². The van der Waals surface area contributed by atoms with Crippen molar-refractivity contribution in [1.82, 2.24) is 0 Å². The van der Waals surface area contributed by atoms with E-state index in [-0.39, 0.29) is 32.0 Å². The summed E-state index contributed by atoms with van der Waals surface area (Å²) in [6.45, 7) is 4.29. The minimum absolute atomic E-state index is 0.0264. The van der Waals surface area contributed by atoms with Crippen molar-refractivity contribution >= 4 is 19.8 Å². The van der Waals surface area contributed by atoms with Crippen molar-refractivity contribution in [3.8, 4) is 0 Å². The Hall–Kier alpha value is -1.51. The largest absolute Gasteiger partial charge is 0.756 e. The van der Waals surface area contributed by atoms with Crippen molar-refractivity contribution in [2.45, 2.75) is 341 Å². The van der Waals surface area contributed by atoms with Crippen LogP contribution in [0, 0.1) is 0 Å². The van der Waals surface area contributed by atoms with Gasteiger partial charge in [0.25, 0.3) is 7.82 Å². The summed E-state index contributed by atoms with van der Waals surface area (Å²) in [7, 11) is 1.19. The van der Waals surface area contributed by atoms with Crippen LogP contribution < -0.4 is 4.89 Å². The number of carbonyl (C=O) groups excluding carboxylic acids is 2. The van der Waals surface area contributed by atoms with E-state index in [4.69, 9.17) is 18.5 Å². The first-order valence-corrected chi connectivity index (χ1v) is 34.5. The molecule has 0 aliphatic rings. The lowest BCUT2D eigenvalue weighted by Gasteiger charge is -2.28. The number of nitrogens with zero attached hydrogens (tertiary/aromatic N) is 1. The molecule has 0 fully saturated rings. The van der Waals surface area contributed by atoms with Gasteiger partial charge in [-0.05, 0) is 44.9 Å². The van der Waals surface area contributed by atoms with E-state index in [9.17, 15) is 19.0 Å². The quantitative estimate of drug-likeness (QED) is 0.0195. The topological polar surface area (TPSA) is 111 Å². The molecule has 10 heteroatoms. The number of hydrogen-bond donors (Lipinski definition) is 0. The highest BCUT2D eigenvalue weighted by molar-refractivity contribution is 7.45. The summed E-state index contributed by atoms with van der Waals surface area (Å²) in [5.41, 5.74) is 0. The number of phosphoric ester groups is 1. The van der Waals surface area contributed by atoms with Crippen LogP contribution in [-0.2, 0) is 32.7 Å². The third-order valence-electron chi connectivity index (χ3n) is 15.0. The van der Waals surface area contributed by atoms with E-state index >= 15 is 0 Å². The predicted octanol–water partition coefficient (Wildman–Crippen LogP) is 20.3. The van der Waals surface area contributed by atoms with Crippen LogP contribution in [0.25, 0.3) is 0 Å². The lowest BCUT2D eigenvalue weighted by Crippen LogP contribution is -2.37. The zero-order valence-electron chi connectivity index (χ0n) is 51.2. The molecule has 0 aromatic carbocycles. The average molecular weight is 1090 g/mol. The second kappa shape index (κ2) is 58.2. The highest BCUT2D eigenvalue weighted by Gasteiger charge is 2.22. The maximum absolute atomic E-state index is 12.8. The number of hydrogen-bond acceptors (Lipinski definition) is 8. The number of likely N-dealkylation sites (N-methyl/N-ethyl adjacent to an activating group) is 1. The highest BCUT2D eigenvalue weighted by atomic mass is 31.2. The molecule has 0 aliphatic heterocycles. The Kier molecular flexibility index (Phi) is 57.0. The number of esters is 2. The number of rotatable bonds is 62. The maximum Gasteiger partial charge on any atom is 0.306 e. The molecule has 0 aromatic heterocycles. The van der Waals surface area contributed by atoms with Crippen LogP contribution in [0.3, 0.4) is 0 Å². The van der Waals surface area contributed by atoms with Crippen molar-refractivity contribution in [3.63, 3.8) is 0 Å². The Bertz CT molecular complexity index is 1330. The maximum atomic E-state index is 12.8. The fourth-order valence-electron chi connectivity index (χ4n) is 9.87. The molecule has 0 aromatic rings. The van der Waals surface area contributed by atoms with E-state index in [2.05, 4.69) is 38.2 Å². The molecule has 0 rings (SSSR count). The molecule has 2 atom stereocenters. The van der Waals surface area contributed by atoms with Crippen molar-refractivity contribution in [1.29, 1.82) is 0 Å². The third-order valence-corrected chi connectivity index (χ3v) is 15.9. The zero-order valence-corrected chi connectivity index (χ0v) is 52.1. The van der Waals surface area contributed by atoms with Gasteiger partial charge in [0.1, 0.15) is 19.8 Å². The highest BCUT2D eigenvalue weighted by Crippen LogP contribution is 2.38. The molecular formula is C66H128NO8P. The summed E-state index contributed by atoms with van der Waals surface area (Å²) in [4.78, 5) is 37.9. The van der Waals surface area contributed by atoms with Gasteiger partial charge in [0.2, 0.25) is 0 Å². The van der Waals surface area contributed by atoms with Gasteiger partial charge in [-0.2, -0.15) is 0 Å². The van der Waals surface area contributed by atoms with Crippen molar-refractivity contribution in [2.75, 3.05) is 47.5 Å². The summed E-state index contributed by atoms with van der Waals surface area (Å²) in [5, 5.41) is 0. The molecule has 450 valence electrons. The number of allylic oxidation sites excluding steroid dienone is 4. The zero-order chi connectivity index (χ0) is 55.6. The monoisotopic (exact) mass is 1090 g/mol. The van der Waals surface area contributed by atoms with Crippen molar-refractivity contribution < 1.29 is 42.1 Å². The lowest BCUT2D eigenvalue weighted by atomic mass is 10.0. The first-order valence-electron chi connectivity index (χ1n) is 33.0. The molecule has 0 radical (unpaired) electrons. The molecule has 0 saturated carbocycles. The molecule has 76 heavy (non-hydrogen) atoms. The summed E-state index contributed by atoms with van der Waals surface area (Å²) < 4.78 is 34.2. The van der Waals surface area contributed by atoms with Crippen LogP contribution in [-0.4, -0.2) is 70.0 Å².